The van der Waals surface area contributed by atoms with Gasteiger partial charge in [0.25, 0.3) is 11.8 Å². The summed E-state index contributed by atoms with van der Waals surface area (Å²) in [5, 5.41) is 15.3. The molecular weight excluding hydrogens is 857 g/mol. The summed E-state index contributed by atoms with van der Waals surface area (Å²) in [7, 11) is 0. The molecule has 18 heteroatoms. The van der Waals surface area contributed by atoms with Gasteiger partial charge >= 0.3 is 6.09 Å². The topological polar surface area (TPSA) is 202 Å². The molecule has 2 aliphatic heterocycles. The predicted octanol–water partition coefficient (Wildman–Crippen LogP) is 7.33. The van der Waals surface area contributed by atoms with Crippen LogP contribution in [0.4, 0.5) is 15.1 Å². The fourth-order valence-electron chi connectivity index (χ4n) is 6.90. The van der Waals surface area contributed by atoms with E-state index in [4.69, 9.17) is 14.2 Å². The first-order valence-electron chi connectivity index (χ1n) is 21.0. The number of benzene rings is 3. The average molecular weight is 911 g/mol. The molecule has 2 aliphatic rings. The van der Waals surface area contributed by atoms with E-state index in [-0.39, 0.29) is 60.6 Å². The number of carbonyl (C=O) groups is 5. The lowest BCUT2D eigenvalue weighted by Gasteiger charge is -2.18. The van der Waals surface area contributed by atoms with Crippen molar-refractivity contribution in [3.05, 3.63) is 117 Å². The van der Waals surface area contributed by atoms with Crippen LogP contribution in [0, 0.1) is 13.8 Å². The number of hydrogen-bond donors (Lipinski definition) is 5. The summed E-state index contributed by atoms with van der Waals surface area (Å²) in [6.07, 6.45) is 1.52. The molecule has 5 aromatic rings. The van der Waals surface area contributed by atoms with Crippen LogP contribution >= 0.6 is 22.7 Å². The maximum atomic E-state index is 12.7. The van der Waals surface area contributed by atoms with Crippen LogP contribution in [0.2, 0.25) is 0 Å². The van der Waals surface area contributed by atoms with Crippen LogP contribution in [-0.4, -0.2) is 83.0 Å². The van der Waals surface area contributed by atoms with Gasteiger partial charge in [0.2, 0.25) is 11.8 Å². The summed E-state index contributed by atoms with van der Waals surface area (Å²) in [4.78, 5) is 71.1. The summed E-state index contributed by atoms with van der Waals surface area (Å²) < 4.78 is 17.4. The Morgan fingerprint density at radius 1 is 0.719 bits per heavy atom. The third-order valence-electron chi connectivity index (χ3n) is 10.3. The molecule has 2 fully saturated rings. The molecule has 0 saturated carbocycles. The van der Waals surface area contributed by atoms with E-state index >= 15 is 0 Å². The standard InChI is InChI=1S/C27H30N4O5S.C19H24N4O3S/c1-17(28-25(33)24-18(2)29-26(37-24)30-19(3)32)21-9-11-22(12-10-21)36-23-13-14-31(15-23)27(34)35-16-20-7-5-4-6-8-20;1-11(14-4-6-15(7-5-14)26-16-8-9-20-10-16)21-18(25)17-12(2)22-19(27-17)23-13(3)24/h4-12,17,23H,13-16H2,1-3H3,(H,28,33)(H,29,30,32);4-7,11,16,20H,8-10H2,1-3H3,(H,21,25)(H,22,23,24)/t17-,23?;11-,16?/m00/s1. The van der Waals surface area contributed by atoms with Crippen LogP contribution in [0.1, 0.15) is 100 Å². The average Bonchev–Trinajstić information content (AvgIpc) is 4.09. The van der Waals surface area contributed by atoms with Gasteiger partial charge in [-0.25, -0.2) is 14.8 Å². The predicted molar refractivity (Wildman–Crippen MR) is 246 cm³/mol. The zero-order valence-corrected chi connectivity index (χ0v) is 38.3. The Kier molecular flexibility index (Phi) is 16.4. The van der Waals surface area contributed by atoms with E-state index in [0.717, 1.165) is 59.7 Å². The molecule has 0 bridgehead atoms. The Morgan fingerprint density at radius 2 is 1.22 bits per heavy atom. The van der Waals surface area contributed by atoms with Crippen molar-refractivity contribution in [3.63, 3.8) is 0 Å². The molecule has 0 aliphatic carbocycles. The zero-order chi connectivity index (χ0) is 45.8. The van der Waals surface area contributed by atoms with E-state index in [0.29, 0.717) is 50.2 Å². The number of nitrogens with zero attached hydrogens (tertiary/aromatic N) is 3. The van der Waals surface area contributed by atoms with E-state index in [1.807, 2.05) is 92.7 Å². The molecule has 16 nitrogen and oxygen atoms in total. The van der Waals surface area contributed by atoms with Crippen molar-refractivity contribution in [2.75, 3.05) is 36.8 Å². The highest BCUT2D eigenvalue weighted by Gasteiger charge is 2.29. The van der Waals surface area contributed by atoms with Gasteiger partial charge in [-0.05, 0) is 81.6 Å². The number of nitrogens with one attached hydrogen (secondary N) is 5. The number of aromatic nitrogens is 2. The molecular formula is C46H54N8O8S2. The van der Waals surface area contributed by atoms with Gasteiger partial charge in [0.05, 0.1) is 30.0 Å². The Balaban J connectivity index is 0.000000223. The minimum absolute atomic E-state index is 0.112. The molecule has 3 aromatic carbocycles. The Labute approximate surface area is 380 Å². The number of aryl methyl sites for hydroxylation is 2. The highest BCUT2D eigenvalue weighted by molar-refractivity contribution is 7.18. The molecule has 5 N–H and O–H groups in total. The molecule has 7 rings (SSSR count). The van der Waals surface area contributed by atoms with Gasteiger partial charge in [0, 0.05) is 33.4 Å². The summed E-state index contributed by atoms with van der Waals surface area (Å²) in [6.45, 7) is 13.3. The molecule has 5 amide bonds. The van der Waals surface area contributed by atoms with Gasteiger partial charge in [-0.1, -0.05) is 77.3 Å². The molecule has 2 aromatic heterocycles. The zero-order valence-electron chi connectivity index (χ0n) is 36.7. The highest BCUT2D eigenvalue weighted by Crippen LogP contribution is 2.27. The van der Waals surface area contributed by atoms with E-state index in [9.17, 15) is 24.0 Å². The Morgan fingerprint density at radius 3 is 1.69 bits per heavy atom. The van der Waals surface area contributed by atoms with Crippen LogP contribution in [-0.2, 0) is 20.9 Å². The largest absolute Gasteiger partial charge is 0.489 e. The second kappa shape index (κ2) is 22.3. The third kappa shape index (κ3) is 13.6. The minimum Gasteiger partial charge on any atom is -0.489 e. The summed E-state index contributed by atoms with van der Waals surface area (Å²) in [5.41, 5.74) is 4.02. The van der Waals surface area contributed by atoms with Crippen molar-refractivity contribution in [1.82, 2.24) is 30.8 Å². The van der Waals surface area contributed by atoms with Crippen molar-refractivity contribution in [3.8, 4) is 11.5 Å². The molecule has 0 radical (unpaired) electrons. The molecule has 338 valence electrons. The molecule has 2 unspecified atom stereocenters. The SMILES string of the molecule is CC(=O)Nc1nc(C)c(C(=O)N[C@@H](C)c2ccc(OC3CCN(C(=O)OCc4ccccc4)C3)cc2)s1.CC(=O)Nc1nc(C)c(C(=O)N[C@@H](C)c2ccc(OC3CCNC3)cc2)s1. The van der Waals surface area contributed by atoms with E-state index in [1.165, 1.54) is 25.2 Å². The van der Waals surface area contributed by atoms with Crippen LogP contribution in [0.25, 0.3) is 0 Å². The Hall–Kier alpha value is -6.37. The van der Waals surface area contributed by atoms with Crippen molar-refractivity contribution < 1.29 is 38.2 Å². The third-order valence-corrected chi connectivity index (χ3v) is 12.4. The van der Waals surface area contributed by atoms with Gasteiger partial charge in [-0.3, -0.25) is 19.2 Å². The Bertz CT molecular complexity index is 2380. The maximum absolute atomic E-state index is 12.7. The van der Waals surface area contributed by atoms with Gasteiger partial charge in [-0.15, -0.1) is 0 Å². The van der Waals surface area contributed by atoms with Crippen LogP contribution in [0.3, 0.4) is 0 Å². The fourth-order valence-corrected chi connectivity index (χ4v) is 8.73. The summed E-state index contributed by atoms with van der Waals surface area (Å²) in [5.74, 6) is 0.648. The number of ether oxygens (including phenoxy) is 3. The van der Waals surface area contributed by atoms with Crippen LogP contribution in [0.5, 0.6) is 11.5 Å². The highest BCUT2D eigenvalue weighted by atomic mass is 32.1. The second-order valence-electron chi connectivity index (χ2n) is 15.5. The minimum atomic E-state index is -0.338. The second-order valence-corrected chi connectivity index (χ2v) is 17.5. The number of rotatable bonds is 14. The van der Waals surface area contributed by atoms with Gasteiger partial charge in [0.1, 0.15) is 40.1 Å². The molecule has 4 atom stereocenters. The number of hydrogen-bond acceptors (Lipinski definition) is 13. The first-order valence-corrected chi connectivity index (χ1v) is 22.6. The summed E-state index contributed by atoms with van der Waals surface area (Å²) >= 11 is 2.32. The first kappa shape index (κ1) is 47.1. The van der Waals surface area contributed by atoms with Crippen molar-refractivity contribution in [2.24, 2.45) is 0 Å². The lowest BCUT2D eigenvalue weighted by molar-refractivity contribution is -0.115. The quantitative estimate of drug-likeness (QED) is 0.0747. The van der Waals surface area contributed by atoms with Crippen molar-refractivity contribution in [1.29, 1.82) is 0 Å². The lowest BCUT2D eigenvalue weighted by Crippen LogP contribution is -2.31. The van der Waals surface area contributed by atoms with Crippen LogP contribution in [0.15, 0.2) is 78.9 Å². The first-order chi connectivity index (χ1) is 30.7. The normalized spacial score (nSPS) is 16.4. The van der Waals surface area contributed by atoms with Crippen molar-refractivity contribution >= 4 is 62.7 Å². The number of thiazole rings is 2. The van der Waals surface area contributed by atoms with Gasteiger partial charge in [0.15, 0.2) is 10.3 Å². The molecule has 0 spiro atoms. The number of likely N-dealkylation sites (tertiary alicyclic amines) is 1. The van der Waals surface area contributed by atoms with Crippen molar-refractivity contribution in [2.45, 2.75) is 85.3 Å². The smallest absolute Gasteiger partial charge is 0.410 e. The number of amides is 5. The van der Waals surface area contributed by atoms with Gasteiger partial charge < -0.3 is 45.7 Å². The monoisotopic (exact) mass is 910 g/mol. The fraction of sp³-hybridized carbons (Fsp3) is 0.370. The molecule has 64 heavy (non-hydrogen) atoms. The van der Waals surface area contributed by atoms with E-state index in [1.54, 1.807) is 18.7 Å². The van der Waals surface area contributed by atoms with E-state index in [2.05, 4.69) is 36.6 Å². The number of carbonyl (C=O) groups excluding carboxylic acids is 5. The summed E-state index contributed by atoms with van der Waals surface area (Å²) in [6, 6.07) is 24.5. The van der Waals surface area contributed by atoms with Gasteiger partial charge in [-0.2, -0.15) is 0 Å². The maximum Gasteiger partial charge on any atom is 0.410 e. The van der Waals surface area contributed by atoms with Crippen LogP contribution < -0.4 is 36.1 Å². The lowest BCUT2D eigenvalue weighted by atomic mass is 10.1. The molecule has 2 saturated heterocycles. The number of anilines is 2. The van der Waals surface area contributed by atoms with E-state index < -0.39 is 0 Å². The molecule has 4 heterocycles.